The molecule has 34 heavy (non-hydrogen) atoms. The van der Waals surface area contributed by atoms with Crippen molar-refractivity contribution in [2.24, 2.45) is 11.3 Å². The molecule has 5 rings (SSSR count). The summed E-state index contributed by atoms with van der Waals surface area (Å²) < 4.78 is 5.64. The highest BCUT2D eigenvalue weighted by Gasteiger charge is 2.44. The fraction of sp³-hybridized carbons (Fsp3) is 0.444. The van der Waals surface area contributed by atoms with E-state index >= 15 is 0 Å². The van der Waals surface area contributed by atoms with Crippen LogP contribution in [0, 0.1) is 11.3 Å². The fourth-order valence-electron chi connectivity index (χ4n) is 5.73. The molecule has 2 aromatic rings. The maximum atomic E-state index is 12.9. The fourth-order valence-corrected chi connectivity index (χ4v) is 5.73. The van der Waals surface area contributed by atoms with Crippen molar-refractivity contribution in [3.8, 4) is 11.1 Å². The molecule has 0 bridgehead atoms. The first kappa shape index (κ1) is 22.4. The first-order valence-electron chi connectivity index (χ1n) is 12.0. The highest BCUT2D eigenvalue weighted by molar-refractivity contribution is 5.82. The number of aliphatic carboxylic acids is 1. The first-order chi connectivity index (χ1) is 16.4. The van der Waals surface area contributed by atoms with Gasteiger partial charge in [-0.15, -0.1) is 0 Å². The van der Waals surface area contributed by atoms with Gasteiger partial charge in [0.1, 0.15) is 6.61 Å². The Morgan fingerprint density at radius 2 is 1.71 bits per heavy atom. The summed E-state index contributed by atoms with van der Waals surface area (Å²) in [5.74, 6) is -1.03. The number of carboxylic acid groups (broad SMARTS) is 1. The molecule has 1 saturated carbocycles. The highest BCUT2D eigenvalue weighted by Crippen LogP contribution is 2.44. The van der Waals surface area contributed by atoms with Crippen molar-refractivity contribution in [2.75, 3.05) is 19.7 Å². The van der Waals surface area contributed by atoms with E-state index in [9.17, 15) is 19.5 Å². The number of carbonyl (C=O) groups excluding carboxylic acids is 2. The zero-order valence-corrected chi connectivity index (χ0v) is 19.3. The largest absolute Gasteiger partial charge is 0.481 e. The molecule has 7 nitrogen and oxygen atoms in total. The Balaban J connectivity index is 1.14. The van der Waals surface area contributed by atoms with Gasteiger partial charge in [0.25, 0.3) is 0 Å². The summed E-state index contributed by atoms with van der Waals surface area (Å²) in [6.07, 6.45) is 1.98. The lowest BCUT2D eigenvalue weighted by Gasteiger charge is -2.23. The number of fused-ring (bicyclic) bond motifs is 3. The molecule has 178 valence electrons. The van der Waals surface area contributed by atoms with E-state index in [1.165, 1.54) is 22.3 Å². The Hall–Kier alpha value is -3.35. The summed E-state index contributed by atoms with van der Waals surface area (Å²) in [6, 6.07) is 16.3. The zero-order valence-electron chi connectivity index (χ0n) is 19.3. The van der Waals surface area contributed by atoms with Crippen molar-refractivity contribution >= 4 is 18.0 Å². The number of amides is 2. The van der Waals surface area contributed by atoms with Crippen LogP contribution in [0.15, 0.2) is 48.5 Å². The second-order valence-electron chi connectivity index (χ2n) is 10.1. The third-order valence-electron chi connectivity index (χ3n) is 7.75. The Bertz CT molecular complexity index is 1090. The predicted octanol–water partition coefficient (Wildman–Crippen LogP) is 4.02. The molecule has 3 atom stereocenters. The minimum absolute atomic E-state index is 0.00168. The number of nitrogens with one attached hydrogen (secondary N) is 1. The highest BCUT2D eigenvalue weighted by atomic mass is 16.5. The lowest BCUT2D eigenvalue weighted by Crippen LogP contribution is -2.38. The van der Waals surface area contributed by atoms with E-state index in [1.54, 1.807) is 11.8 Å². The van der Waals surface area contributed by atoms with Gasteiger partial charge in [-0.2, -0.15) is 0 Å². The smallest absolute Gasteiger partial charge is 0.407 e. The van der Waals surface area contributed by atoms with Gasteiger partial charge in [-0.25, -0.2) is 4.79 Å². The number of likely N-dealkylation sites (tertiary alicyclic amines) is 1. The molecule has 2 amide bonds. The first-order valence-corrected chi connectivity index (χ1v) is 12.0. The number of carbonyl (C=O) groups is 3. The summed E-state index contributed by atoms with van der Waals surface area (Å²) in [6.45, 7) is 2.68. The van der Waals surface area contributed by atoms with Gasteiger partial charge in [-0.3, -0.25) is 9.59 Å². The standard InChI is InChI=1S/C27H30N2O5/c1-27(25(31)32)12-13-29(16-27)24(30)17-10-11-18(14-17)28-26(33)34-15-23-21-8-4-2-6-19(21)20-7-3-5-9-22(20)23/h2-9,17-18,23H,10-16H2,1H3,(H,28,33)(H,31,32)/t17-,18+,27?/m1/s1. The molecule has 3 aliphatic rings. The molecule has 1 unspecified atom stereocenters. The molecular formula is C27H30N2O5. The summed E-state index contributed by atoms with van der Waals surface area (Å²) in [7, 11) is 0. The van der Waals surface area contributed by atoms with Crippen LogP contribution in [0.2, 0.25) is 0 Å². The maximum absolute atomic E-state index is 12.9. The van der Waals surface area contributed by atoms with E-state index in [1.807, 2.05) is 24.3 Å². The van der Waals surface area contributed by atoms with E-state index in [0.717, 1.165) is 0 Å². The van der Waals surface area contributed by atoms with Gasteiger partial charge < -0.3 is 20.1 Å². The van der Waals surface area contributed by atoms with Gasteiger partial charge in [-0.05, 0) is 54.9 Å². The zero-order chi connectivity index (χ0) is 23.9. The molecule has 0 aromatic heterocycles. The number of hydrogen-bond acceptors (Lipinski definition) is 4. The average molecular weight is 463 g/mol. The summed E-state index contributed by atoms with van der Waals surface area (Å²) >= 11 is 0. The van der Waals surface area contributed by atoms with Crippen LogP contribution in [0.3, 0.4) is 0 Å². The molecule has 1 saturated heterocycles. The Morgan fingerprint density at radius 1 is 1.06 bits per heavy atom. The molecule has 2 aliphatic carbocycles. The third kappa shape index (κ3) is 4.04. The molecule has 7 heteroatoms. The van der Waals surface area contributed by atoms with Crippen LogP contribution < -0.4 is 5.32 Å². The van der Waals surface area contributed by atoms with Crippen molar-refractivity contribution in [3.63, 3.8) is 0 Å². The van der Waals surface area contributed by atoms with E-state index in [0.29, 0.717) is 32.2 Å². The molecule has 0 radical (unpaired) electrons. The number of carboxylic acids is 1. The van der Waals surface area contributed by atoms with Crippen LogP contribution in [-0.2, 0) is 14.3 Å². The molecule has 2 N–H and O–H groups in total. The van der Waals surface area contributed by atoms with E-state index < -0.39 is 17.5 Å². The molecule has 1 heterocycles. The molecular weight excluding hydrogens is 432 g/mol. The van der Waals surface area contributed by atoms with Gasteiger partial charge in [-0.1, -0.05) is 48.5 Å². The number of hydrogen-bond donors (Lipinski definition) is 2. The van der Waals surface area contributed by atoms with Crippen LogP contribution in [0.1, 0.15) is 49.7 Å². The van der Waals surface area contributed by atoms with Gasteiger partial charge in [0.15, 0.2) is 0 Å². The molecule has 2 fully saturated rings. The third-order valence-corrected chi connectivity index (χ3v) is 7.75. The normalized spacial score (nSPS) is 25.6. The van der Waals surface area contributed by atoms with E-state index in [-0.39, 0.29) is 36.9 Å². The summed E-state index contributed by atoms with van der Waals surface area (Å²) in [5, 5.41) is 12.4. The Morgan fingerprint density at radius 3 is 2.32 bits per heavy atom. The number of ether oxygens (including phenoxy) is 1. The second kappa shape index (κ2) is 8.78. The Kier molecular flexibility index (Phi) is 5.80. The predicted molar refractivity (Wildman–Crippen MR) is 126 cm³/mol. The van der Waals surface area contributed by atoms with E-state index in [4.69, 9.17) is 4.74 Å². The van der Waals surface area contributed by atoms with Gasteiger partial charge in [0.2, 0.25) is 5.91 Å². The lowest BCUT2D eigenvalue weighted by atomic mass is 9.90. The Labute approximate surface area is 199 Å². The summed E-state index contributed by atoms with van der Waals surface area (Å²) in [5.41, 5.74) is 3.84. The van der Waals surface area contributed by atoms with Gasteiger partial charge >= 0.3 is 12.1 Å². The van der Waals surface area contributed by atoms with Crippen molar-refractivity contribution in [1.82, 2.24) is 10.2 Å². The number of benzene rings is 2. The summed E-state index contributed by atoms with van der Waals surface area (Å²) in [4.78, 5) is 38.6. The van der Waals surface area contributed by atoms with Gasteiger partial charge in [0.05, 0.1) is 5.41 Å². The molecule has 0 spiro atoms. The topological polar surface area (TPSA) is 95.9 Å². The quantitative estimate of drug-likeness (QED) is 0.700. The number of rotatable bonds is 5. The van der Waals surface area contributed by atoms with Crippen LogP contribution in [0.25, 0.3) is 11.1 Å². The number of nitrogens with zero attached hydrogens (tertiary/aromatic N) is 1. The van der Waals surface area contributed by atoms with Crippen LogP contribution in [0.5, 0.6) is 0 Å². The average Bonchev–Trinajstić information content (AvgIpc) is 3.54. The van der Waals surface area contributed by atoms with Crippen molar-refractivity contribution < 1.29 is 24.2 Å². The molecule has 2 aromatic carbocycles. The minimum atomic E-state index is -0.868. The number of alkyl carbamates (subject to hydrolysis) is 1. The minimum Gasteiger partial charge on any atom is -0.481 e. The van der Waals surface area contributed by atoms with Crippen LogP contribution in [-0.4, -0.2) is 53.7 Å². The van der Waals surface area contributed by atoms with Crippen LogP contribution in [0.4, 0.5) is 4.79 Å². The SMILES string of the molecule is CC1(C(=O)O)CCN(C(=O)[C@@H]2CC[C@H](NC(=O)OCC3c4ccccc4-c4ccccc43)C2)C1. The van der Waals surface area contributed by atoms with E-state index in [2.05, 4.69) is 29.6 Å². The lowest BCUT2D eigenvalue weighted by molar-refractivity contribution is -0.147. The maximum Gasteiger partial charge on any atom is 0.407 e. The van der Waals surface area contributed by atoms with Crippen molar-refractivity contribution in [1.29, 1.82) is 0 Å². The monoisotopic (exact) mass is 462 g/mol. The van der Waals surface area contributed by atoms with Crippen LogP contribution >= 0.6 is 0 Å². The molecule has 1 aliphatic heterocycles. The van der Waals surface area contributed by atoms with Crippen molar-refractivity contribution in [2.45, 2.75) is 44.6 Å². The van der Waals surface area contributed by atoms with Crippen molar-refractivity contribution in [3.05, 3.63) is 59.7 Å². The second-order valence-corrected chi connectivity index (χ2v) is 10.1. The van der Waals surface area contributed by atoms with Gasteiger partial charge in [0, 0.05) is 31.0 Å².